The number of ether oxygens (including phenoxy) is 1. The van der Waals surface area contributed by atoms with Crippen molar-refractivity contribution < 1.29 is 27.8 Å². The number of carbonyl (C=O) groups is 1. The van der Waals surface area contributed by atoms with Crippen molar-refractivity contribution in [3.8, 4) is 5.75 Å². The predicted molar refractivity (Wildman–Crippen MR) is 145 cm³/mol. The van der Waals surface area contributed by atoms with Crippen molar-refractivity contribution in [3.63, 3.8) is 0 Å². The molecule has 1 atom stereocenters. The molecule has 0 radical (unpaired) electrons. The molecule has 1 fully saturated rings. The predicted octanol–water partition coefficient (Wildman–Crippen LogP) is 4.49. The second-order valence-corrected chi connectivity index (χ2v) is 10.9. The van der Waals surface area contributed by atoms with Crippen molar-refractivity contribution in [1.29, 1.82) is 0 Å². The van der Waals surface area contributed by atoms with Crippen molar-refractivity contribution in [2.75, 3.05) is 45.7 Å². The Morgan fingerprint density at radius 1 is 1.23 bits per heavy atom. The second kappa shape index (κ2) is 10.9. The van der Waals surface area contributed by atoms with Gasteiger partial charge in [0, 0.05) is 41.6 Å². The van der Waals surface area contributed by atoms with Crippen LogP contribution in [0, 0.1) is 12.7 Å². The van der Waals surface area contributed by atoms with E-state index in [1.807, 2.05) is 25.1 Å². The third-order valence-corrected chi connectivity index (χ3v) is 7.76. The van der Waals surface area contributed by atoms with Crippen LogP contribution in [0.3, 0.4) is 0 Å². The van der Waals surface area contributed by atoms with Gasteiger partial charge in [0.15, 0.2) is 0 Å². The number of nitrogens with zero attached hydrogens (tertiary/aromatic N) is 4. The molecule has 0 saturated carbocycles. The summed E-state index contributed by atoms with van der Waals surface area (Å²) in [5, 5.41) is 15.7. The number of anilines is 1. The first-order valence-electron chi connectivity index (χ1n) is 13.4. The highest BCUT2D eigenvalue weighted by atomic mass is 19.3. The molecular formula is C29H34F3N5O3. The molecule has 40 heavy (non-hydrogen) atoms. The Morgan fingerprint density at radius 3 is 2.60 bits per heavy atom. The Balaban J connectivity index is 1.52. The Hall–Kier alpha value is -3.44. The van der Waals surface area contributed by atoms with Crippen molar-refractivity contribution in [3.05, 3.63) is 58.2 Å². The van der Waals surface area contributed by atoms with Crippen LogP contribution in [0.2, 0.25) is 0 Å². The van der Waals surface area contributed by atoms with Gasteiger partial charge >= 0.3 is 0 Å². The topological polar surface area (TPSA) is 90.8 Å². The SMILES string of the molecule is Cc1nc(N[C@H](C)c2cccc(C(F)F)c2F)c2cc(C3(O)CCN(C(=O)CN(C)C)CC3)c3c(c2n1)CCO3. The molecule has 2 N–H and O–H groups in total. The highest BCUT2D eigenvalue weighted by molar-refractivity contribution is 5.94. The number of nitrogens with one attached hydrogen (secondary N) is 1. The van der Waals surface area contributed by atoms with Crippen molar-refractivity contribution in [2.45, 2.75) is 51.2 Å². The largest absolute Gasteiger partial charge is 0.492 e. The van der Waals surface area contributed by atoms with E-state index < -0.39 is 29.4 Å². The van der Waals surface area contributed by atoms with Crippen LogP contribution in [0.1, 0.15) is 60.3 Å². The Morgan fingerprint density at radius 2 is 1.93 bits per heavy atom. The second-order valence-electron chi connectivity index (χ2n) is 10.9. The standard InChI is InChI=1S/C29H34F3N5O3/c1-16(18-6-5-7-19(24(18)30)27(31)32)33-28-21-14-22(26-20(8-13-40-26)25(21)34-17(2)35-28)29(39)9-11-37(12-10-29)23(38)15-36(3)4/h5-7,14,16,27,39H,8-13,15H2,1-4H3,(H,33,34,35)/t16-/m1/s1. The van der Waals surface area contributed by atoms with Gasteiger partial charge in [0.1, 0.15) is 23.2 Å². The van der Waals surface area contributed by atoms with E-state index in [0.29, 0.717) is 79.4 Å². The number of benzene rings is 2. The van der Waals surface area contributed by atoms with Crippen LogP contribution in [-0.4, -0.2) is 71.1 Å². The molecule has 8 nitrogen and oxygen atoms in total. The van der Waals surface area contributed by atoms with Crippen molar-refractivity contribution >= 4 is 22.6 Å². The molecule has 1 amide bonds. The van der Waals surface area contributed by atoms with Crippen LogP contribution in [-0.2, 0) is 16.8 Å². The number of alkyl halides is 2. The minimum atomic E-state index is -2.93. The number of amides is 1. The molecule has 5 rings (SSSR count). The quantitative estimate of drug-likeness (QED) is 0.442. The van der Waals surface area contributed by atoms with Crippen molar-refractivity contribution in [2.24, 2.45) is 0 Å². The molecule has 2 aliphatic rings. The summed E-state index contributed by atoms with van der Waals surface area (Å²) in [5.74, 6) is 0.565. The number of halogens is 3. The summed E-state index contributed by atoms with van der Waals surface area (Å²) in [7, 11) is 3.68. The minimum Gasteiger partial charge on any atom is -0.492 e. The summed E-state index contributed by atoms with van der Waals surface area (Å²) >= 11 is 0. The summed E-state index contributed by atoms with van der Waals surface area (Å²) < 4.78 is 47.6. The summed E-state index contributed by atoms with van der Waals surface area (Å²) in [6.45, 7) is 4.99. The van der Waals surface area contributed by atoms with E-state index >= 15 is 0 Å². The maximum Gasteiger partial charge on any atom is 0.266 e. The molecular weight excluding hydrogens is 523 g/mol. The van der Waals surface area contributed by atoms with Crippen LogP contribution in [0.5, 0.6) is 5.75 Å². The number of hydrogen-bond donors (Lipinski definition) is 2. The highest BCUT2D eigenvalue weighted by Gasteiger charge is 2.40. The Labute approximate surface area is 231 Å². The van der Waals surface area contributed by atoms with E-state index in [0.717, 1.165) is 11.6 Å². The van der Waals surface area contributed by atoms with Gasteiger partial charge in [0.2, 0.25) is 5.91 Å². The first kappa shape index (κ1) is 28.1. The van der Waals surface area contributed by atoms with E-state index in [1.165, 1.54) is 12.1 Å². The lowest BCUT2D eigenvalue weighted by atomic mass is 9.82. The number of piperidine rings is 1. The molecule has 1 saturated heterocycles. The summed E-state index contributed by atoms with van der Waals surface area (Å²) in [6, 6.07) is 5.10. The van der Waals surface area contributed by atoms with Gasteiger partial charge < -0.3 is 25.0 Å². The van der Waals surface area contributed by atoms with Crippen molar-refractivity contribution in [1.82, 2.24) is 19.8 Å². The maximum atomic E-state index is 14.9. The monoisotopic (exact) mass is 557 g/mol. The molecule has 0 spiro atoms. The van der Waals surface area contributed by atoms with Gasteiger partial charge in [-0.25, -0.2) is 23.1 Å². The first-order valence-corrected chi connectivity index (χ1v) is 13.4. The number of aryl methyl sites for hydroxylation is 1. The lowest BCUT2D eigenvalue weighted by Gasteiger charge is -2.39. The molecule has 0 aliphatic carbocycles. The third-order valence-electron chi connectivity index (χ3n) is 7.76. The molecule has 0 bridgehead atoms. The fourth-order valence-electron chi connectivity index (χ4n) is 5.66. The number of rotatable bonds is 7. The van der Waals surface area contributed by atoms with Crippen LogP contribution in [0.4, 0.5) is 19.0 Å². The van der Waals surface area contributed by atoms with Crippen LogP contribution in [0.25, 0.3) is 10.9 Å². The molecule has 2 aromatic carbocycles. The average molecular weight is 558 g/mol. The van der Waals surface area contributed by atoms with E-state index in [2.05, 4.69) is 15.3 Å². The number of hydrogen-bond acceptors (Lipinski definition) is 7. The number of carbonyl (C=O) groups excluding carboxylic acids is 1. The van der Waals surface area contributed by atoms with Gasteiger partial charge in [-0.1, -0.05) is 18.2 Å². The van der Waals surface area contributed by atoms with Crippen LogP contribution < -0.4 is 10.1 Å². The van der Waals surface area contributed by atoms with E-state index in [4.69, 9.17) is 4.74 Å². The molecule has 214 valence electrons. The van der Waals surface area contributed by atoms with Gasteiger partial charge in [-0.05, 0) is 46.9 Å². The molecule has 3 aromatic rings. The number of fused-ring (bicyclic) bond motifs is 3. The zero-order valence-electron chi connectivity index (χ0n) is 23.1. The fraction of sp³-hybridized carbons (Fsp3) is 0.483. The van der Waals surface area contributed by atoms with E-state index in [1.54, 1.807) is 18.7 Å². The molecule has 0 unspecified atom stereocenters. The summed E-state index contributed by atoms with van der Waals surface area (Å²) in [4.78, 5) is 25.4. The lowest BCUT2D eigenvalue weighted by molar-refractivity contribution is -0.136. The van der Waals surface area contributed by atoms with Crippen LogP contribution in [0.15, 0.2) is 24.3 Å². The molecule has 2 aliphatic heterocycles. The van der Waals surface area contributed by atoms with Gasteiger partial charge in [0.25, 0.3) is 6.43 Å². The lowest BCUT2D eigenvalue weighted by Crippen LogP contribution is -2.47. The number of likely N-dealkylation sites (N-methyl/N-ethyl adjacent to an activating group) is 1. The zero-order valence-corrected chi connectivity index (χ0v) is 23.1. The maximum absolute atomic E-state index is 14.9. The van der Waals surface area contributed by atoms with Gasteiger partial charge in [-0.2, -0.15) is 0 Å². The summed E-state index contributed by atoms with van der Waals surface area (Å²) in [6.07, 6.45) is -1.65. The average Bonchev–Trinajstić information content (AvgIpc) is 3.38. The Kier molecular flexibility index (Phi) is 7.62. The normalized spacial score (nSPS) is 17.3. The zero-order chi connectivity index (χ0) is 28.8. The van der Waals surface area contributed by atoms with Gasteiger partial charge in [0.05, 0.1) is 35.9 Å². The third kappa shape index (κ3) is 5.19. The van der Waals surface area contributed by atoms with Gasteiger partial charge in [-0.15, -0.1) is 0 Å². The van der Waals surface area contributed by atoms with Crippen LogP contribution >= 0.6 is 0 Å². The van der Waals surface area contributed by atoms with Gasteiger partial charge in [-0.3, -0.25) is 4.79 Å². The molecule has 1 aromatic heterocycles. The minimum absolute atomic E-state index is 0.0135. The summed E-state index contributed by atoms with van der Waals surface area (Å²) in [5.41, 5.74) is 0.357. The Bertz CT molecular complexity index is 1440. The molecule has 11 heteroatoms. The molecule has 3 heterocycles. The number of aromatic nitrogens is 2. The fourth-order valence-corrected chi connectivity index (χ4v) is 5.66. The highest BCUT2D eigenvalue weighted by Crippen LogP contribution is 2.46. The number of aliphatic hydroxyl groups is 1. The number of likely N-dealkylation sites (tertiary alicyclic amines) is 1. The van der Waals surface area contributed by atoms with E-state index in [-0.39, 0.29) is 11.5 Å². The smallest absolute Gasteiger partial charge is 0.266 e. The van der Waals surface area contributed by atoms with E-state index in [9.17, 15) is 23.1 Å². The first-order chi connectivity index (χ1) is 19.0.